The van der Waals surface area contributed by atoms with E-state index in [1.54, 1.807) is 30.3 Å². The maximum atomic E-state index is 12.8. The third-order valence-corrected chi connectivity index (χ3v) is 4.65. The van der Waals surface area contributed by atoms with E-state index in [2.05, 4.69) is 20.8 Å². The standard InChI is InChI=1S/C23H24N4O3/c1-15-13-22(27-26-16(15)2)30-14-21(28)25-20-12-8-7-11-19(20)23(29)24-17(3)18-9-5-4-6-10-18/h4-13,17H,14H2,1-3H3,(H,24,29)(H,25,28). The number of hydrogen-bond acceptors (Lipinski definition) is 5. The van der Waals surface area contributed by atoms with E-state index in [1.165, 1.54) is 0 Å². The highest BCUT2D eigenvalue weighted by Crippen LogP contribution is 2.18. The molecule has 2 amide bonds. The molecule has 1 aromatic heterocycles. The number of para-hydroxylation sites is 1. The number of aromatic nitrogens is 2. The van der Waals surface area contributed by atoms with E-state index in [0.717, 1.165) is 16.8 Å². The summed E-state index contributed by atoms with van der Waals surface area (Å²) in [6, 6.07) is 18.1. The molecule has 0 aliphatic carbocycles. The first kappa shape index (κ1) is 21.0. The number of nitrogens with one attached hydrogen (secondary N) is 2. The summed E-state index contributed by atoms with van der Waals surface area (Å²) >= 11 is 0. The fourth-order valence-electron chi connectivity index (χ4n) is 2.81. The van der Waals surface area contributed by atoms with Gasteiger partial charge in [-0.15, -0.1) is 5.10 Å². The molecule has 3 aromatic rings. The molecule has 0 saturated carbocycles. The van der Waals surface area contributed by atoms with Gasteiger partial charge in [-0.25, -0.2) is 0 Å². The number of hydrogen-bond donors (Lipinski definition) is 2. The molecule has 7 heteroatoms. The molecular formula is C23H24N4O3. The molecule has 7 nitrogen and oxygen atoms in total. The molecule has 2 aromatic carbocycles. The van der Waals surface area contributed by atoms with Crippen molar-refractivity contribution in [3.8, 4) is 5.88 Å². The van der Waals surface area contributed by atoms with Crippen molar-refractivity contribution in [2.75, 3.05) is 11.9 Å². The summed E-state index contributed by atoms with van der Waals surface area (Å²) in [5.74, 6) is -0.398. The van der Waals surface area contributed by atoms with Crippen LogP contribution in [0.25, 0.3) is 0 Å². The Kier molecular flexibility index (Phi) is 6.75. The minimum Gasteiger partial charge on any atom is -0.466 e. The summed E-state index contributed by atoms with van der Waals surface area (Å²) in [6.45, 7) is 5.40. The van der Waals surface area contributed by atoms with E-state index in [9.17, 15) is 9.59 Å². The van der Waals surface area contributed by atoms with Gasteiger partial charge in [0.25, 0.3) is 11.8 Å². The molecule has 1 heterocycles. The highest BCUT2D eigenvalue weighted by atomic mass is 16.5. The van der Waals surface area contributed by atoms with Gasteiger partial charge in [-0.05, 0) is 44.0 Å². The van der Waals surface area contributed by atoms with E-state index in [4.69, 9.17) is 4.74 Å². The molecule has 3 rings (SSSR count). The van der Waals surface area contributed by atoms with Crippen LogP contribution in [0.4, 0.5) is 5.69 Å². The Labute approximate surface area is 175 Å². The zero-order valence-corrected chi connectivity index (χ0v) is 17.2. The lowest BCUT2D eigenvalue weighted by molar-refractivity contribution is -0.118. The van der Waals surface area contributed by atoms with E-state index < -0.39 is 5.91 Å². The second-order valence-corrected chi connectivity index (χ2v) is 6.94. The van der Waals surface area contributed by atoms with Crippen LogP contribution in [0, 0.1) is 13.8 Å². The Balaban J connectivity index is 1.63. The summed E-state index contributed by atoms with van der Waals surface area (Å²) in [5.41, 5.74) is 3.51. The smallest absolute Gasteiger partial charge is 0.262 e. The second kappa shape index (κ2) is 9.65. The van der Waals surface area contributed by atoms with Gasteiger partial charge in [0, 0.05) is 6.07 Å². The van der Waals surface area contributed by atoms with Crippen LogP contribution in [0.2, 0.25) is 0 Å². The molecule has 0 aliphatic rings. The van der Waals surface area contributed by atoms with Gasteiger partial charge >= 0.3 is 0 Å². The molecule has 0 radical (unpaired) electrons. The SMILES string of the molecule is Cc1cc(OCC(=O)Nc2ccccc2C(=O)NC(C)c2ccccc2)nnc1C. The zero-order chi connectivity index (χ0) is 21.5. The van der Waals surface area contributed by atoms with Gasteiger partial charge < -0.3 is 15.4 Å². The average Bonchev–Trinajstić information content (AvgIpc) is 2.75. The van der Waals surface area contributed by atoms with Crippen molar-refractivity contribution >= 4 is 17.5 Å². The van der Waals surface area contributed by atoms with Gasteiger partial charge in [-0.2, -0.15) is 5.10 Å². The molecule has 1 atom stereocenters. The lowest BCUT2D eigenvalue weighted by Crippen LogP contribution is -2.28. The first-order chi connectivity index (χ1) is 14.4. The van der Waals surface area contributed by atoms with E-state index in [0.29, 0.717) is 11.3 Å². The summed E-state index contributed by atoms with van der Waals surface area (Å²) in [5, 5.41) is 13.6. The molecular weight excluding hydrogens is 380 g/mol. The molecule has 0 bridgehead atoms. The van der Waals surface area contributed by atoms with Gasteiger partial charge in [-0.1, -0.05) is 42.5 Å². The quantitative estimate of drug-likeness (QED) is 0.628. The van der Waals surface area contributed by atoms with Crippen LogP contribution >= 0.6 is 0 Å². The largest absolute Gasteiger partial charge is 0.466 e. The van der Waals surface area contributed by atoms with Crippen LogP contribution in [0.1, 0.15) is 40.1 Å². The maximum Gasteiger partial charge on any atom is 0.262 e. The van der Waals surface area contributed by atoms with Crippen LogP contribution < -0.4 is 15.4 Å². The average molecular weight is 404 g/mol. The van der Waals surface area contributed by atoms with E-state index >= 15 is 0 Å². The molecule has 0 fully saturated rings. The Bertz CT molecular complexity index is 1040. The number of nitrogens with zero attached hydrogens (tertiary/aromatic N) is 2. The molecule has 154 valence electrons. The van der Waals surface area contributed by atoms with E-state index in [1.807, 2.05) is 51.1 Å². The van der Waals surface area contributed by atoms with Gasteiger partial charge in [-0.3, -0.25) is 9.59 Å². The van der Waals surface area contributed by atoms with Crippen LogP contribution in [0.15, 0.2) is 60.7 Å². The van der Waals surface area contributed by atoms with Gasteiger partial charge in [0.05, 0.1) is 23.0 Å². The first-order valence-corrected chi connectivity index (χ1v) is 9.62. The third kappa shape index (κ3) is 5.41. The summed E-state index contributed by atoms with van der Waals surface area (Å²) in [7, 11) is 0. The summed E-state index contributed by atoms with van der Waals surface area (Å²) < 4.78 is 5.41. The normalized spacial score (nSPS) is 11.4. The lowest BCUT2D eigenvalue weighted by atomic mass is 10.1. The minimum absolute atomic E-state index is 0.172. The lowest BCUT2D eigenvalue weighted by Gasteiger charge is -2.16. The zero-order valence-electron chi connectivity index (χ0n) is 17.2. The van der Waals surface area contributed by atoms with Gasteiger partial charge in [0.15, 0.2) is 6.61 Å². The van der Waals surface area contributed by atoms with Crippen molar-refractivity contribution in [2.24, 2.45) is 0 Å². The summed E-state index contributed by atoms with van der Waals surface area (Å²) in [4.78, 5) is 25.1. The van der Waals surface area contributed by atoms with Crippen molar-refractivity contribution < 1.29 is 14.3 Å². The molecule has 30 heavy (non-hydrogen) atoms. The van der Waals surface area contributed by atoms with Crippen LogP contribution in [-0.2, 0) is 4.79 Å². The van der Waals surface area contributed by atoms with Crippen molar-refractivity contribution in [3.63, 3.8) is 0 Å². The van der Waals surface area contributed by atoms with Crippen LogP contribution in [0.5, 0.6) is 5.88 Å². The number of ether oxygens (including phenoxy) is 1. The number of amides is 2. The highest BCUT2D eigenvalue weighted by molar-refractivity contribution is 6.04. The number of carbonyl (C=O) groups excluding carboxylic acids is 2. The molecule has 0 saturated heterocycles. The molecule has 0 aliphatic heterocycles. The molecule has 1 unspecified atom stereocenters. The number of benzene rings is 2. The number of rotatable bonds is 7. The van der Waals surface area contributed by atoms with Gasteiger partial charge in [0.2, 0.25) is 5.88 Å². The van der Waals surface area contributed by atoms with Gasteiger partial charge in [0.1, 0.15) is 0 Å². The Morgan fingerprint density at radius 2 is 1.70 bits per heavy atom. The van der Waals surface area contributed by atoms with Crippen molar-refractivity contribution in [2.45, 2.75) is 26.8 Å². The summed E-state index contributed by atoms with van der Waals surface area (Å²) in [6.07, 6.45) is 0. The van der Waals surface area contributed by atoms with E-state index in [-0.39, 0.29) is 24.4 Å². The fourth-order valence-corrected chi connectivity index (χ4v) is 2.81. The number of carbonyl (C=O) groups is 2. The first-order valence-electron chi connectivity index (χ1n) is 9.62. The van der Waals surface area contributed by atoms with Crippen LogP contribution in [-0.4, -0.2) is 28.6 Å². The second-order valence-electron chi connectivity index (χ2n) is 6.94. The van der Waals surface area contributed by atoms with Crippen molar-refractivity contribution in [3.05, 3.63) is 83.0 Å². The monoisotopic (exact) mass is 404 g/mol. The fraction of sp³-hybridized carbons (Fsp3) is 0.217. The maximum absolute atomic E-state index is 12.8. The Morgan fingerprint density at radius 3 is 2.43 bits per heavy atom. The highest BCUT2D eigenvalue weighted by Gasteiger charge is 2.16. The molecule has 2 N–H and O–H groups in total. The molecule has 0 spiro atoms. The predicted octanol–water partition coefficient (Wildman–Crippen LogP) is 3.60. The Hall–Kier alpha value is -3.74. The third-order valence-electron chi connectivity index (χ3n) is 4.65. The topological polar surface area (TPSA) is 93.2 Å². The number of anilines is 1. The van der Waals surface area contributed by atoms with Crippen molar-refractivity contribution in [1.29, 1.82) is 0 Å². The van der Waals surface area contributed by atoms with Crippen LogP contribution in [0.3, 0.4) is 0 Å². The Morgan fingerprint density at radius 1 is 1.00 bits per heavy atom. The minimum atomic E-state index is -0.397. The predicted molar refractivity (Wildman–Crippen MR) is 114 cm³/mol. The number of aryl methyl sites for hydroxylation is 2. The van der Waals surface area contributed by atoms with Crippen molar-refractivity contribution in [1.82, 2.24) is 15.5 Å².